The lowest BCUT2D eigenvalue weighted by molar-refractivity contribution is -0.137. The molecule has 132 valence electrons. The van der Waals surface area contributed by atoms with Gasteiger partial charge in [0.25, 0.3) is 5.91 Å². The minimum atomic E-state index is -4.43. The number of pyridine rings is 1. The van der Waals surface area contributed by atoms with Crippen LogP contribution >= 0.6 is 0 Å². The number of benzene rings is 1. The number of hydrogen-bond donors (Lipinski definition) is 1. The Balaban J connectivity index is 1.69. The van der Waals surface area contributed by atoms with Crippen LogP contribution in [-0.2, 0) is 6.18 Å². The van der Waals surface area contributed by atoms with Crippen LogP contribution in [0.1, 0.15) is 21.8 Å². The van der Waals surface area contributed by atoms with Crippen LogP contribution < -0.4 is 5.43 Å². The molecule has 8 heteroatoms. The van der Waals surface area contributed by atoms with E-state index in [-0.39, 0.29) is 22.8 Å². The molecule has 0 saturated heterocycles. The second-order valence-corrected chi connectivity index (χ2v) is 5.19. The summed E-state index contributed by atoms with van der Waals surface area (Å²) in [6.07, 6.45) is -1.70. The summed E-state index contributed by atoms with van der Waals surface area (Å²) in [5.41, 5.74) is 2.02. The van der Waals surface area contributed by atoms with Crippen molar-refractivity contribution < 1.29 is 22.4 Å². The molecule has 0 bridgehead atoms. The molecule has 0 fully saturated rings. The molecule has 0 aliphatic rings. The lowest BCUT2D eigenvalue weighted by Gasteiger charge is -2.07. The van der Waals surface area contributed by atoms with Crippen LogP contribution in [0.3, 0.4) is 0 Å². The van der Waals surface area contributed by atoms with Crippen LogP contribution in [-0.4, -0.2) is 17.1 Å². The maximum Gasteiger partial charge on any atom is 0.416 e. The molecule has 0 aliphatic heterocycles. The van der Waals surface area contributed by atoms with E-state index in [2.05, 4.69) is 15.5 Å². The summed E-state index contributed by atoms with van der Waals surface area (Å²) in [5, 5.41) is 3.74. The number of nitrogens with one attached hydrogen (secondary N) is 1. The number of hydrogen-bond acceptors (Lipinski definition) is 4. The fraction of sp³-hybridized carbons (Fsp3) is 0.0556. The number of carbonyl (C=O) groups is 1. The number of amides is 1. The van der Waals surface area contributed by atoms with Gasteiger partial charge in [-0.25, -0.2) is 5.43 Å². The largest absolute Gasteiger partial charge is 0.455 e. The quantitative estimate of drug-likeness (QED) is 0.563. The summed E-state index contributed by atoms with van der Waals surface area (Å²) < 4.78 is 43.8. The summed E-state index contributed by atoms with van der Waals surface area (Å²) in [5.74, 6) is 0.0406. The number of alkyl halides is 3. The molecule has 2 aromatic heterocycles. The first-order chi connectivity index (χ1) is 12.4. The van der Waals surface area contributed by atoms with Gasteiger partial charge in [0, 0.05) is 11.8 Å². The topological polar surface area (TPSA) is 67.5 Å². The zero-order valence-corrected chi connectivity index (χ0v) is 13.2. The van der Waals surface area contributed by atoms with Crippen LogP contribution in [0.2, 0.25) is 0 Å². The average Bonchev–Trinajstić information content (AvgIpc) is 3.11. The fourth-order valence-electron chi connectivity index (χ4n) is 2.14. The van der Waals surface area contributed by atoms with Gasteiger partial charge in [0.15, 0.2) is 0 Å². The lowest BCUT2D eigenvalue weighted by Crippen LogP contribution is -2.18. The maximum absolute atomic E-state index is 12.8. The summed E-state index contributed by atoms with van der Waals surface area (Å²) >= 11 is 0. The highest BCUT2D eigenvalue weighted by molar-refractivity contribution is 5.92. The van der Waals surface area contributed by atoms with Crippen molar-refractivity contribution in [3.8, 4) is 11.3 Å². The Morgan fingerprint density at radius 3 is 2.69 bits per heavy atom. The van der Waals surface area contributed by atoms with Gasteiger partial charge < -0.3 is 4.42 Å². The summed E-state index contributed by atoms with van der Waals surface area (Å²) in [7, 11) is 0. The fourth-order valence-corrected chi connectivity index (χ4v) is 2.14. The molecular formula is C18H12F3N3O2. The van der Waals surface area contributed by atoms with Gasteiger partial charge in [-0.2, -0.15) is 18.3 Å². The minimum absolute atomic E-state index is 0.203. The SMILES string of the molecule is O=C(N/N=C/c1ccc(-c2cccc(C(F)(F)F)c2)o1)c1ccccn1. The average molecular weight is 359 g/mol. The Morgan fingerprint density at radius 1 is 1.12 bits per heavy atom. The first-order valence-corrected chi connectivity index (χ1v) is 7.45. The molecule has 0 unspecified atom stereocenters. The van der Waals surface area contributed by atoms with Gasteiger partial charge in [0.2, 0.25) is 0 Å². The van der Waals surface area contributed by atoms with Gasteiger partial charge in [-0.1, -0.05) is 18.2 Å². The number of carbonyl (C=O) groups excluding carboxylic acids is 1. The second-order valence-electron chi connectivity index (χ2n) is 5.19. The highest BCUT2D eigenvalue weighted by Gasteiger charge is 2.30. The standard InChI is InChI=1S/C18H12F3N3O2/c19-18(20,21)13-5-3-4-12(10-13)16-8-7-14(26-16)11-23-24-17(25)15-6-1-2-9-22-15/h1-11H,(H,24,25)/b23-11+. The Hall–Kier alpha value is -3.42. The van der Waals surface area contributed by atoms with Gasteiger partial charge in [-0.3, -0.25) is 9.78 Å². The zero-order valence-electron chi connectivity index (χ0n) is 13.2. The number of halogens is 3. The predicted octanol–water partition coefficient (Wildman–Crippen LogP) is 4.12. The van der Waals surface area contributed by atoms with Crippen molar-refractivity contribution in [2.45, 2.75) is 6.18 Å². The Labute approximate surface area is 146 Å². The molecule has 2 heterocycles. The van der Waals surface area contributed by atoms with E-state index >= 15 is 0 Å². The zero-order chi connectivity index (χ0) is 18.6. The summed E-state index contributed by atoms with van der Waals surface area (Å²) in [6.45, 7) is 0. The van der Waals surface area contributed by atoms with Crippen molar-refractivity contribution >= 4 is 12.1 Å². The molecule has 1 N–H and O–H groups in total. The lowest BCUT2D eigenvalue weighted by atomic mass is 10.1. The molecular weight excluding hydrogens is 347 g/mol. The van der Waals surface area contributed by atoms with Crippen LogP contribution in [0.25, 0.3) is 11.3 Å². The summed E-state index contributed by atoms with van der Waals surface area (Å²) in [6, 6.07) is 12.7. The Bertz CT molecular complexity index is 934. The number of hydrazone groups is 1. The number of nitrogens with zero attached hydrogens (tertiary/aromatic N) is 2. The van der Waals surface area contributed by atoms with E-state index in [1.807, 2.05) is 0 Å². The molecule has 0 aliphatic carbocycles. The Kier molecular flexibility index (Phi) is 4.83. The molecule has 0 atom stereocenters. The maximum atomic E-state index is 12.8. The number of rotatable bonds is 4. The van der Waals surface area contributed by atoms with E-state index in [0.717, 1.165) is 12.1 Å². The molecule has 0 saturated carbocycles. The van der Waals surface area contributed by atoms with E-state index in [4.69, 9.17) is 4.42 Å². The molecule has 5 nitrogen and oxygen atoms in total. The smallest absolute Gasteiger partial charge is 0.416 e. The second kappa shape index (κ2) is 7.22. The first kappa shape index (κ1) is 17.4. The molecule has 3 rings (SSSR count). The number of furan rings is 1. The van der Waals surface area contributed by atoms with Gasteiger partial charge in [-0.05, 0) is 36.4 Å². The molecule has 0 spiro atoms. The van der Waals surface area contributed by atoms with E-state index < -0.39 is 17.6 Å². The molecule has 1 amide bonds. The highest BCUT2D eigenvalue weighted by Crippen LogP contribution is 2.32. The van der Waals surface area contributed by atoms with Gasteiger partial charge in [-0.15, -0.1) is 0 Å². The highest BCUT2D eigenvalue weighted by atomic mass is 19.4. The predicted molar refractivity (Wildman–Crippen MR) is 88.4 cm³/mol. The third kappa shape index (κ3) is 4.15. The van der Waals surface area contributed by atoms with Crippen LogP contribution in [0.15, 0.2) is 70.3 Å². The molecule has 3 aromatic rings. The van der Waals surface area contributed by atoms with E-state index in [1.165, 1.54) is 42.7 Å². The van der Waals surface area contributed by atoms with Gasteiger partial charge >= 0.3 is 6.18 Å². The monoisotopic (exact) mass is 359 g/mol. The van der Waals surface area contributed by atoms with Crippen molar-refractivity contribution in [3.05, 3.63) is 77.8 Å². The first-order valence-electron chi connectivity index (χ1n) is 7.45. The van der Waals surface area contributed by atoms with Crippen molar-refractivity contribution in [2.75, 3.05) is 0 Å². The third-order valence-electron chi connectivity index (χ3n) is 3.36. The van der Waals surface area contributed by atoms with E-state index in [1.54, 1.807) is 12.1 Å². The van der Waals surface area contributed by atoms with Crippen molar-refractivity contribution in [1.82, 2.24) is 10.4 Å². The summed E-state index contributed by atoms with van der Waals surface area (Å²) in [4.78, 5) is 15.6. The third-order valence-corrected chi connectivity index (χ3v) is 3.36. The van der Waals surface area contributed by atoms with E-state index in [9.17, 15) is 18.0 Å². The molecule has 26 heavy (non-hydrogen) atoms. The Morgan fingerprint density at radius 2 is 1.96 bits per heavy atom. The molecule has 1 aromatic carbocycles. The van der Waals surface area contributed by atoms with Crippen LogP contribution in [0.5, 0.6) is 0 Å². The van der Waals surface area contributed by atoms with E-state index in [0.29, 0.717) is 0 Å². The minimum Gasteiger partial charge on any atom is -0.455 e. The normalized spacial score (nSPS) is 11.7. The number of aromatic nitrogens is 1. The van der Waals surface area contributed by atoms with Crippen molar-refractivity contribution in [1.29, 1.82) is 0 Å². The van der Waals surface area contributed by atoms with Crippen molar-refractivity contribution in [2.24, 2.45) is 5.10 Å². The van der Waals surface area contributed by atoms with Crippen LogP contribution in [0, 0.1) is 0 Å². The van der Waals surface area contributed by atoms with Gasteiger partial charge in [0.1, 0.15) is 17.2 Å². The van der Waals surface area contributed by atoms with Crippen LogP contribution in [0.4, 0.5) is 13.2 Å². The molecule has 0 radical (unpaired) electrons. The van der Waals surface area contributed by atoms with Crippen molar-refractivity contribution in [3.63, 3.8) is 0 Å². The van der Waals surface area contributed by atoms with Gasteiger partial charge in [0.05, 0.1) is 11.8 Å².